The van der Waals surface area contributed by atoms with Crippen LogP contribution in [0, 0.1) is 15.9 Å². The van der Waals surface area contributed by atoms with Gasteiger partial charge in [-0.05, 0) is 60.7 Å². The van der Waals surface area contributed by atoms with E-state index in [1.807, 2.05) is 0 Å². The van der Waals surface area contributed by atoms with Crippen molar-refractivity contribution in [2.45, 2.75) is 19.3 Å². The minimum Gasteiger partial charge on any atom is -0.450 e. The van der Waals surface area contributed by atoms with Crippen molar-refractivity contribution in [3.63, 3.8) is 0 Å². The Balaban J connectivity index is 1.99. The van der Waals surface area contributed by atoms with Crippen molar-refractivity contribution in [1.29, 1.82) is 0 Å². The molecule has 0 atom stereocenters. The Kier molecular flexibility index (Phi) is 3.10. The number of rotatable bonds is 3. The standard InChI is InChI=1S/C15H12FNO3/c16-12-4-6-13(7-5-12)20-15-9-11-3-1-2-10(11)8-14(15)17(18)19/h4-9H,1-3H2. The first-order valence-corrected chi connectivity index (χ1v) is 6.37. The number of nitrogens with zero attached hydrogens (tertiary/aromatic N) is 1. The molecule has 0 N–H and O–H groups in total. The van der Waals surface area contributed by atoms with Crippen molar-refractivity contribution < 1.29 is 14.1 Å². The van der Waals surface area contributed by atoms with Gasteiger partial charge < -0.3 is 4.74 Å². The molecule has 0 radical (unpaired) electrons. The second-order valence-electron chi connectivity index (χ2n) is 4.76. The van der Waals surface area contributed by atoms with Gasteiger partial charge in [-0.25, -0.2) is 4.39 Å². The normalized spacial score (nSPS) is 13.1. The monoisotopic (exact) mass is 273 g/mol. The first-order chi connectivity index (χ1) is 9.63. The number of benzene rings is 2. The molecule has 0 saturated heterocycles. The van der Waals surface area contributed by atoms with Crippen LogP contribution in [0.4, 0.5) is 10.1 Å². The number of aryl methyl sites for hydroxylation is 2. The molecular formula is C15H12FNO3. The molecule has 2 aromatic rings. The maximum atomic E-state index is 12.8. The maximum absolute atomic E-state index is 12.8. The molecule has 4 nitrogen and oxygen atoms in total. The Bertz CT molecular complexity index is 668. The van der Waals surface area contributed by atoms with Crippen molar-refractivity contribution >= 4 is 5.69 Å². The van der Waals surface area contributed by atoms with Crippen LogP contribution in [-0.4, -0.2) is 4.92 Å². The lowest BCUT2D eigenvalue weighted by Gasteiger charge is -2.08. The fourth-order valence-corrected chi connectivity index (χ4v) is 2.44. The van der Waals surface area contributed by atoms with Gasteiger partial charge in [0.05, 0.1) is 4.92 Å². The molecule has 0 amide bonds. The molecule has 0 aliphatic heterocycles. The van der Waals surface area contributed by atoms with E-state index in [4.69, 9.17) is 4.74 Å². The van der Waals surface area contributed by atoms with Crippen molar-refractivity contribution in [2.75, 3.05) is 0 Å². The lowest BCUT2D eigenvalue weighted by molar-refractivity contribution is -0.385. The highest BCUT2D eigenvalue weighted by molar-refractivity contribution is 5.54. The lowest BCUT2D eigenvalue weighted by Crippen LogP contribution is -1.96. The van der Waals surface area contributed by atoms with Gasteiger partial charge in [0.25, 0.3) is 0 Å². The highest BCUT2D eigenvalue weighted by Crippen LogP contribution is 2.37. The van der Waals surface area contributed by atoms with E-state index in [9.17, 15) is 14.5 Å². The van der Waals surface area contributed by atoms with Gasteiger partial charge in [-0.15, -0.1) is 0 Å². The summed E-state index contributed by atoms with van der Waals surface area (Å²) in [6.45, 7) is 0. The Morgan fingerprint density at radius 1 is 1.10 bits per heavy atom. The summed E-state index contributed by atoms with van der Waals surface area (Å²) >= 11 is 0. The molecule has 1 aliphatic rings. The Hall–Kier alpha value is -2.43. The SMILES string of the molecule is O=[N+]([O-])c1cc2c(cc1Oc1ccc(F)cc1)CCC2. The minimum absolute atomic E-state index is 0.0463. The molecule has 0 fully saturated rings. The zero-order chi connectivity index (χ0) is 14.1. The van der Waals surface area contributed by atoms with Gasteiger partial charge in [-0.3, -0.25) is 10.1 Å². The minimum atomic E-state index is -0.447. The molecule has 3 rings (SSSR count). The van der Waals surface area contributed by atoms with Crippen LogP contribution in [0.5, 0.6) is 11.5 Å². The molecule has 1 aliphatic carbocycles. The number of halogens is 1. The van der Waals surface area contributed by atoms with E-state index in [1.165, 1.54) is 24.3 Å². The fourth-order valence-electron chi connectivity index (χ4n) is 2.44. The summed E-state index contributed by atoms with van der Waals surface area (Å²) in [5, 5.41) is 11.1. The van der Waals surface area contributed by atoms with Gasteiger partial charge in [-0.1, -0.05) is 0 Å². The summed E-state index contributed by atoms with van der Waals surface area (Å²) in [5.74, 6) is 0.218. The third kappa shape index (κ3) is 2.34. The summed E-state index contributed by atoms with van der Waals surface area (Å²) in [6.07, 6.45) is 2.78. The second-order valence-corrected chi connectivity index (χ2v) is 4.76. The first kappa shape index (κ1) is 12.6. The third-order valence-electron chi connectivity index (χ3n) is 3.41. The van der Waals surface area contributed by atoms with E-state index in [1.54, 1.807) is 12.1 Å². The van der Waals surface area contributed by atoms with Gasteiger partial charge in [0.2, 0.25) is 5.75 Å². The van der Waals surface area contributed by atoms with Crippen molar-refractivity contribution in [1.82, 2.24) is 0 Å². The smallest absolute Gasteiger partial charge is 0.311 e. The molecule has 0 unspecified atom stereocenters. The summed E-state index contributed by atoms with van der Waals surface area (Å²) < 4.78 is 18.4. The van der Waals surface area contributed by atoms with Crippen molar-refractivity contribution in [3.8, 4) is 11.5 Å². The molecule has 0 saturated carbocycles. The van der Waals surface area contributed by atoms with Crippen LogP contribution in [0.25, 0.3) is 0 Å². The molecular weight excluding hydrogens is 261 g/mol. The molecule has 20 heavy (non-hydrogen) atoms. The van der Waals surface area contributed by atoms with Gasteiger partial charge >= 0.3 is 5.69 Å². The third-order valence-corrected chi connectivity index (χ3v) is 3.41. The summed E-state index contributed by atoms with van der Waals surface area (Å²) in [4.78, 5) is 10.7. The highest BCUT2D eigenvalue weighted by Gasteiger charge is 2.22. The van der Waals surface area contributed by atoms with Crippen LogP contribution >= 0.6 is 0 Å². The molecule has 0 bridgehead atoms. The summed E-state index contributed by atoms with van der Waals surface area (Å²) in [5.41, 5.74) is 2.06. The average molecular weight is 273 g/mol. The van der Waals surface area contributed by atoms with Crippen LogP contribution in [0.15, 0.2) is 36.4 Å². The Labute approximate surface area is 115 Å². The van der Waals surface area contributed by atoms with E-state index >= 15 is 0 Å². The van der Waals surface area contributed by atoms with Crippen molar-refractivity contribution in [3.05, 3.63) is 63.5 Å². The number of nitro groups is 1. The van der Waals surface area contributed by atoms with Gasteiger partial charge in [0.1, 0.15) is 11.6 Å². The number of hydrogen-bond donors (Lipinski definition) is 0. The topological polar surface area (TPSA) is 52.4 Å². The zero-order valence-electron chi connectivity index (χ0n) is 10.6. The molecule has 102 valence electrons. The van der Waals surface area contributed by atoms with Gasteiger partial charge in [-0.2, -0.15) is 0 Å². The van der Waals surface area contributed by atoms with Crippen molar-refractivity contribution in [2.24, 2.45) is 0 Å². The lowest BCUT2D eigenvalue weighted by atomic mass is 10.1. The largest absolute Gasteiger partial charge is 0.450 e. The molecule has 0 aromatic heterocycles. The van der Waals surface area contributed by atoms with Crippen LogP contribution < -0.4 is 4.74 Å². The summed E-state index contributed by atoms with van der Waals surface area (Å²) in [7, 11) is 0. The Morgan fingerprint density at radius 3 is 2.40 bits per heavy atom. The van der Waals surface area contributed by atoms with Crippen LogP contribution in [0.1, 0.15) is 17.5 Å². The quantitative estimate of drug-likeness (QED) is 0.627. The zero-order valence-corrected chi connectivity index (χ0v) is 10.6. The number of fused-ring (bicyclic) bond motifs is 1. The predicted molar refractivity (Wildman–Crippen MR) is 71.6 cm³/mol. The molecule has 2 aromatic carbocycles. The Morgan fingerprint density at radius 2 is 1.75 bits per heavy atom. The van der Waals surface area contributed by atoms with E-state index in [0.717, 1.165) is 30.4 Å². The van der Waals surface area contributed by atoms with E-state index < -0.39 is 4.92 Å². The fraction of sp³-hybridized carbons (Fsp3) is 0.200. The van der Waals surface area contributed by atoms with Crippen LogP contribution in [0.3, 0.4) is 0 Å². The van der Waals surface area contributed by atoms with E-state index in [2.05, 4.69) is 0 Å². The van der Waals surface area contributed by atoms with Crippen LogP contribution in [-0.2, 0) is 12.8 Å². The predicted octanol–water partition coefficient (Wildman–Crippen LogP) is 4.01. The summed E-state index contributed by atoms with van der Waals surface area (Å²) in [6, 6.07) is 8.73. The number of ether oxygens (including phenoxy) is 1. The molecule has 0 heterocycles. The number of hydrogen-bond acceptors (Lipinski definition) is 3. The average Bonchev–Trinajstić information content (AvgIpc) is 2.87. The molecule has 0 spiro atoms. The van der Waals surface area contributed by atoms with Gasteiger partial charge in [0, 0.05) is 6.07 Å². The van der Waals surface area contributed by atoms with E-state index in [0.29, 0.717) is 5.75 Å². The first-order valence-electron chi connectivity index (χ1n) is 6.37. The second kappa shape index (κ2) is 4.92. The highest BCUT2D eigenvalue weighted by atomic mass is 19.1. The number of nitro benzene ring substituents is 1. The van der Waals surface area contributed by atoms with Crippen LogP contribution in [0.2, 0.25) is 0 Å². The van der Waals surface area contributed by atoms with Gasteiger partial charge in [0.15, 0.2) is 0 Å². The maximum Gasteiger partial charge on any atom is 0.311 e. The van der Waals surface area contributed by atoms with E-state index in [-0.39, 0.29) is 17.3 Å². The molecule has 5 heteroatoms.